The first-order valence-electron chi connectivity index (χ1n) is 5.09. The number of nitrogens with zero attached hydrogens (tertiary/aromatic N) is 1. The molecule has 0 saturated heterocycles. The summed E-state index contributed by atoms with van der Waals surface area (Å²) in [6.45, 7) is 1.53. The molecular formula is C12H9NO3S. The van der Waals surface area contributed by atoms with Crippen molar-refractivity contribution >= 4 is 26.7 Å². The highest BCUT2D eigenvalue weighted by molar-refractivity contribution is 7.90. The molecule has 0 N–H and O–H groups in total. The summed E-state index contributed by atoms with van der Waals surface area (Å²) in [5, 5.41) is 1.72. The summed E-state index contributed by atoms with van der Waals surface area (Å²) in [7, 11) is -3.62. The van der Waals surface area contributed by atoms with E-state index in [1.807, 2.05) is 24.3 Å². The third-order valence-corrected chi connectivity index (χ3v) is 3.99. The van der Waals surface area contributed by atoms with Gasteiger partial charge in [-0.1, -0.05) is 30.3 Å². The minimum atomic E-state index is -3.62. The molecule has 3 rings (SSSR count). The summed E-state index contributed by atoms with van der Waals surface area (Å²) in [5.74, 6) is 0.518. The maximum absolute atomic E-state index is 11.9. The lowest BCUT2D eigenvalue weighted by atomic mass is 10.1. The van der Waals surface area contributed by atoms with E-state index in [0.717, 1.165) is 10.8 Å². The van der Waals surface area contributed by atoms with Gasteiger partial charge in [-0.25, -0.2) is 0 Å². The van der Waals surface area contributed by atoms with E-state index in [1.54, 1.807) is 6.07 Å². The highest BCUT2D eigenvalue weighted by atomic mass is 32.2. The standard InChI is InChI=1S/C12H9NO3S/c1-8-13-17(14,15)11-7-6-9-4-2-3-5-10(9)12(11)16-8/h2-7H,1H3. The first kappa shape index (κ1) is 10.3. The zero-order chi connectivity index (χ0) is 12.0. The molecule has 0 fully saturated rings. The number of ether oxygens (including phenoxy) is 1. The van der Waals surface area contributed by atoms with E-state index < -0.39 is 10.0 Å². The number of fused-ring (bicyclic) bond motifs is 3. The smallest absolute Gasteiger partial charge is 0.289 e. The van der Waals surface area contributed by atoms with E-state index in [-0.39, 0.29) is 10.8 Å². The monoisotopic (exact) mass is 247 g/mol. The van der Waals surface area contributed by atoms with E-state index in [9.17, 15) is 8.42 Å². The van der Waals surface area contributed by atoms with Gasteiger partial charge in [0.15, 0.2) is 5.75 Å². The van der Waals surface area contributed by atoms with Crippen LogP contribution < -0.4 is 4.74 Å². The minimum absolute atomic E-state index is 0.127. The van der Waals surface area contributed by atoms with E-state index in [0.29, 0.717) is 5.75 Å². The first-order valence-corrected chi connectivity index (χ1v) is 6.53. The molecule has 5 heteroatoms. The van der Waals surface area contributed by atoms with Crippen molar-refractivity contribution in [3.05, 3.63) is 36.4 Å². The largest absolute Gasteiger partial charge is 0.440 e. The summed E-state index contributed by atoms with van der Waals surface area (Å²) in [5.41, 5.74) is 0. The number of hydrogen-bond acceptors (Lipinski definition) is 3. The van der Waals surface area contributed by atoms with Gasteiger partial charge in [0.2, 0.25) is 5.90 Å². The summed E-state index contributed by atoms with van der Waals surface area (Å²) < 4.78 is 32.7. The molecule has 2 aromatic carbocycles. The Morgan fingerprint density at radius 3 is 2.71 bits per heavy atom. The Labute approximate surface area is 98.6 Å². The molecule has 0 radical (unpaired) electrons. The van der Waals surface area contributed by atoms with Crippen molar-refractivity contribution in [2.75, 3.05) is 0 Å². The van der Waals surface area contributed by atoms with Gasteiger partial charge < -0.3 is 4.74 Å². The molecule has 86 valence electrons. The SMILES string of the molecule is CC1=NS(=O)(=O)c2ccc3ccccc3c2O1. The molecule has 0 aromatic heterocycles. The van der Waals surface area contributed by atoms with Crippen LogP contribution in [0.3, 0.4) is 0 Å². The van der Waals surface area contributed by atoms with Gasteiger partial charge in [-0.05, 0) is 11.5 Å². The molecule has 0 atom stereocenters. The van der Waals surface area contributed by atoms with Crippen LogP contribution in [0.25, 0.3) is 10.8 Å². The Morgan fingerprint density at radius 2 is 1.88 bits per heavy atom. The molecule has 4 nitrogen and oxygen atoms in total. The second-order valence-electron chi connectivity index (χ2n) is 3.80. The Balaban J connectivity index is 2.45. The first-order chi connectivity index (χ1) is 8.08. The van der Waals surface area contributed by atoms with Crippen LogP contribution in [0.2, 0.25) is 0 Å². The Morgan fingerprint density at radius 1 is 1.12 bits per heavy atom. The van der Waals surface area contributed by atoms with Gasteiger partial charge in [-0.15, -0.1) is 4.40 Å². The van der Waals surface area contributed by atoms with Crippen LogP contribution in [0, 0.1) is 0 Å². The zero-order valence-electron chi connectivity index (χ0n) is 9.04. The van der Waals surface area contributed by atoms with Crippen LogP contribution in [0.15, 0.2) is 45.7 Å². The minimum Gasteiger partial charge on any atom is -0.440 e. The summed E-state index contributed by atoms with van der Waals surface area (Å²) in [6, 6.07) is 10.8. The predicted molar refractivity (Wildman–Crippen MR) is 64.9 cm³/mol. The van der Waals surface area contributed by atoms with Crippen molar-refractivity contribution in [2.45, 2.75) is 11.8 Å². The average molecular weight is 247 g/mol. The van der Waals surface area contributed by atoms with Gasteiger partial charge in [0.1, 0.15) is 4.90 Å². The van der Waals surface area contributed by atoms with Crippen molar-refractivity contribution in [1.29, 1.82) is 0 Å². The zero-order valence-corrected chi connectivity index (χ0v) is 9.86. The summed E-state index contributed by atoms with van der Waals surface area (Å²) in [4.78, 5) is 0.127. The fraction of sp³-hybridized carbons (Fsp3) is 0.0833. The highest BCUT2D eigenvalue weighted by Gasteiger charge is 2.26. The predicted octanol–water partition coefficient (Wildman–Crippen LogP) is 2.34. The quantitative estimate of drug-likeness (QED) is 0.718. The van der Waals surface area contributed by atoms with Crippen molar-refractivity contribution < 1.29 is 13.2 Å². The number of rotatable bonds is 0. The number of sulfonamides is 1. The van der Waals surface area contributed by atoms with Crippen LogP contribution in [-0.4, -0.2) is 14.3 Å². The topological polar surface area (TPSA) is 55.7 Å². The van der Waals surface area contributed by atoms with E-state index in [2.05, 4.69) is 4.40 Å². The van der Waals surface area contributed by atoms with Gasteiger partial charge in [-0.2, -0.15) is 8.42 Å². The van der Waals surface area contributed by atoms with Crippen molar-refractivity contribution in [3.8, 4) is 5.75 Å². The van der Waals surface area contributed by atoms with Gasteiger partial charge in [0.25, 0.3) is 10.0 Å². The number of hydrogen-bond donors (Lipinski definition) is 0. The lowest BCUT2D eigenvalue weighted by molar-refractivity contribution is 0.520. The lowest BCUT2D eigenvalue weighted by Gasteiger charge is -2.16. The van der Waals surface area contributed by atoms with Crippen molar-refractivity contribution in [2.24, 2.45) is 4.40 Å². The molecule has 1 aliphatic rings. The third-order valence-electron chi connectivity index (χ3n) is 2.62. The maximum Gasteiger partial charge on any atom is 0.289 e. The molecule has 0 bridgehead atoms. The molecule has 0 aliphatic carbocycles. The second kappa shape index (κ2) is 3.30. The Hall–Kier alpha value is -1.88. The van der Waals surface area contributed by atoms with E-state index in [1.165, 1.54) is 13.0 Å². The van der Waals surface area contributed by atoms with Crippen LogP contribution >= 0.6 is 0 Å². The molecule has 1 heterocycles. The van der Waals surface area contributed by atoms with Crippen LogP contribution in [-0.2, 0) is 10.0 Å². The van der Waals surface area contributed by atoms with Gasteiger partial charge in [0, 0.05) is 12.3 Å². The van der Waals surface area contributed by atoms with Crippen LogP contribution in [0.1, 0.15) is 6.92 Å². The maximum atomic E-state index is 11.9. The lowest BCUT2D eigenvalue weighted by Crippen LogP contribution is -2.15. The molecule has 0 amide bonds. The van der Waals surface area contributed by atoms with Crippen LogP contribution in [0.4, 0.5) is 0 Å². The Kier molecular flexibility index (Phi) is 2.00. The molecule has 2 aromatic rings. The summed E-state index contributed by atoms with van der Waals surface area (Å²) >= 11 is 0. The molecule has 0 unspecified atom stereocenters. The van der Waals surface area contributed by atoms with Crippen molar-refractivity contribution in [1.82, 2.24) is 0 Å². The molecular weight excluding hydrogens is 238 g/mol. The highest BCUT2D eigenvalue weighted by Crippen LogP contribution is 2.36. The average Bonchev–Trinajstić information content (AvgIpc) is 2.27. The molecule has 17 heavy (non-hydrogen) atoms. The van der Waals surface area contributed by atoms with E-state index >= 15 is 0 Å². The van der Waals surface area contributed by atoms with Gasteiger partial charge in [0.05, 0.1) is 0 Å². The van der Waals surface area contributed by atoms with Crippen LogP contribution in [0.5, 0.6) is 5.75 Å². The summed E-state index contributed by atoms with van der Waals surface area (Å²) in [6.07, 6.45) is 0. The molecule has 1 aliphatic heterocycles. The molecule has 0 saturated carbocycles. The second-order valence-corrected chi connectivity index (χ2v) is 5.37. The Bertz CT molecular complexity index is 747. The van der Waals surface area contributed by atoms with Gasteiger partial charge >= 0.3 is 0 Å². The van der Waals surface area contributed by atoms with Crippen molar-refractivity contribution in [3.63, 3.8) is 0 Å². The fourth-order valence-electron chi connectivity index (χ4n) is 1.92. The van der Waals surface area contributed by atoms with E-state index in [4.69, 9.17) is 4.74 Å². The normalized spacial score (nSPS) is 17.1. The van der Waals surface area contributed by atoms with Gasteiger partial charge in [-0.3, -0.25) is 0 Å². The third kappa shape index (κ3) is 1.51. The number of benzene rings is 2. The molecule has 0 spiro atoms. The fourth-order valence-corrected chi connectivity index (χ4v) is 3.02.